The van der Waals surface area contributed by atoms with Crippen molar-refractivity contribution in [1.82, 2.24) is 5.43 Å². The van der Waals surface area contributed by atoms with E-state index in [1.807, 2.05) is 11.3 Å². The van der Waals surface area contributed by atoms with Crippen molar-refractivity contribution in [3.63, 3.8) is 0 Å². The Morgan fingerprint density at radius 2 is 1.95 bits per heavy atom. The van der Waals surface area contributed by atoms with Crippen LogP contribution < -0.4 is 11.3 Å². The van der Waals surface area contributed by atoms with Crippen LogP contribution in [0.25, 0.3) is 10.1 Å². The summed E-state index contributed by atoms with van der Waals surface area (Å²) in [5.74, 6) is 7.44. The molecule has 1 atom stereocenters. The van der Waals surface area contributed by atoms with Crippen LogP contribution >= 0.6 is 11.3 Å². The van der Waals surface area contributed by atoms with Crippen molar-refractivity contribution in [2.75, 3.05) is 0 Å². The van der Waals surface area contributed by atoms with Crippen LogP contribution in [0.1, 0.15) is 44.2 Å². The first-order valence-electron chi connectivity index (χ1n) is 7.22. The van der Waals surface area contributed by atoms with E-state index in [0.717, 1.165) is 5.92 Å². The second kappa shape index (κ2) is 5.61. The van der Waals surface area contributed by atoms with Crippen LogP contribution in [0.3, 0.4) is 0 Å². The Morgan fingerprint density at radius 3 is 2.68 bits per heavy atom. The van der Waals surface area contributed by atoms with Gasteiger partial charge in [0.15, 0.2) is 0 Å². The smallest absolute Gasteiger partial charge is 0.0502 e. The zero-order valence-electron chi connectivity index (χ0n) is 11.4. The SMILES string of the molecule is CC1CCC(C(NN)c2csc3ccccc23)CC1. The summed E-state index contributed by atoms with van der Waals surface area (Å²) in [5.41, 5.74) is 4.48. The van der Waals surface area contributed by atoms with Gasteiger partial charge in [0.2, 0.25) is 0 Å². The van der Waals surface area contributed by atoms with Crippen LogP contribution in [0.4, 0.5) is 0 Å². The Morgan fingerprint density at radius 1 is 1.21 bits per heavy atom. The summed E-state index contributed by atoms with van der Waals surface area (Å²) in [6, 6.07) is 8.95. The molecule has 102 valence electrons. The Kier molecular flexibility index (Phi) is 3.87. The lowest BCUT2D eigenvalue weighted by molar-refractivity contribution is 0.233. The summed E-state index contributed by atoms with van der Waals surface area (Å²) in [6.45, 7) is 2.36. The van der Waals surface area contributed by atoms with Gasteiger partial charge in [-0.2, -0.15) is 0 Å². The molecule has 1 aromatic heterocycles. The molecule has 0 radical (unpaired) electrons. The van der Waals surface area contributed by atoms with Gasteiger partial charge in [-0.1, -0.05) is 38.0 Å². The summed E-state index contributed by atoms with van der Waals surface area (Å²) >= 11 is 1.83. The zero-order valence-corrected chi connectivity index (χ0v) is 12.2. The van der Waals surface area contributed by atoms with Crippen LogP contribution in [0.2, 0.25) is 0 Å². The van der Waals surface area contributed by atoms with E-state index in [1.54, 1.807) is 0 Å². The highest BCUT2D eigenvalue weighted by molar-refractivity contribution is 7.17. The molecule has 3 N–H and O–H groups in total. The molecule has 0 saturated heterocycles. The number of nitrogens with two attached hydrogens (primary N) is 1. The average molecular weight is 274 g/mol. The molecule has 1 saturated carbocycles. The van der Waals surface area contributed by atoms with E-state index in [-0.39, 0.29) is 0 Å². The predicted molar refractivity (Wildman–Crippen MR) is 83.0 cm³/mol. The summed E-state index contributed by atoms with van der Waals surface area (Å²) in [7, 11) is 0. The van der Waals surface area contributed by atoms with Gasteiger partial charge < -0.3 is 0 Å². The van der Waals surface area contributed by atoms with Crippen LogP contribution in [0, 0.1) is 11.8 Å². The summed E-state index contributed by atoms with van der Waals surface area (Å²) in [5, 5.41) is 3.65. The third-order valence-corrected chi connectivity index (χ3v) is 5.54. The molecule has 0 bridgehead atoms. The molecular formula is C16H22N2S. The van der Waals surface area contributed by atoms with E-state index in [9.17, 15) is 0 Å². The molecule has 0 amide bonds. The molecule has 2 aromatic rings. The normalized spacial score (nSPS) is 25.6. The standard InChI is InChI=1S/C16H22N2S/c1-11-6-8-12(9-7-11)16(18-17)14-10-19-15-5-3-2-4-13(14)15/h2-5,10-12,16,18H,6-9,17H2,1H3. The molecule has 1 aliphatic rings. The number of hydrazine groups is 1. The van der Waals surface area contributed by atoms with Crippen molar-refractivity contribution in [2.24, 2.45) is 17.7 Å². The quantitative estimate of drug-likeness (QED) is 0.649. The molecule has 3 rings (SSSR count). The van der Waals surface area contributed by atoms with Gasteiger partial charge in [0.05, 0.1) is 6.04 Å². The first-order chi connectivity index (χ1) is 9.29. The third-order valence-electron chi connectivity index (χ3n) is 4.56. The van der Waals surface area contributed by atoms with Gasteiger partial charge in [0.25, 0.3) is 0 Å². The molecule has 19 heavy (non-hydrogen) atoms. The van der Waals surface area contributed by atoms with Gasteiger partial charge in [-0.25, -0.2) is 0 Å². The van der Waals surface area contributed by atoms with E-state index >= 15 is 0 Å². The number of hydrogen-bond donors (Lipinski definition) is 2. The van der Waals surface area contributed by atoms with Crippen molar-refractivity contribution in [1.29, 1.82) is 0 Å². The molecule has 0 aliphatic heterocycles. The maximum Gasteiger partial charge on any atom is 0.0502 e. The number of hydrogen-bond acceptors (Lipinski definition) is 3. The zero-order chi connectivity index (χ0) is 13.2. The molecule has 2 nitrogen and oxygen atoms in total. The Balaban J connectivity index is 1.89. The van der Waals surface area contributed by atoms with E-state index in [2.05, 4.69) is 42.0 Å². The van der Waals surface area contributed by atoms with Crippen molar-refractivity contribution < 1.29 is 0 Å². The topological polar surface area (TPSA) is 38.0 Å². The second-order valence-corrected chi connectivity index (χ2v) is 6.76. The lowest BCUT2D eigenvalue weighted by atomic mass is 9.77. The molecule has 0 spiro atoms. The van der Waals surface area contributed by atoms with Gasteiger partial charge >= 0.3 is 0 Å². The Labute approximate surface area is 119 Å². The third kappa shape index (κ3) is 2.55. The fourth-order valence-corrected chi connectivity index (χ4v) is 4.34. The largest absolute Gasteiger partial charge is 0.271 e. The number of thiophene rings is 1. The molecule has 3 heteroatoms. The summed E-state index contributed by atoms with van der Waals surface area (Å²) < 4.78 is 1.36. The molecular weight excluding hydrogens is 252 g/mol. The lowest BCUT2D eigenvalue weighted by Gasteiger charge is -2.32. The van der Waals surface area contributed by atoms with Gasteiger partial charge in [0, 0.05) is 4.70 Å². The van der Waals surface area contributed by atoms with E-state index < -0.39 is 0 Å². The molecule has 1 unspecified atom stereocenters. The highest BCUT2D eigenvalue weighted by Crippen LogP contribution is 2.40. The Bertz CT molecular complexity index is 540. The number of benzene rings is 1. The number of nitrogens with one attached hydrogen (secondary N) is 1. The molecule has 1 aliphatic carbocycles. The average Bonchev–Trinajstić information content (AvgIpc) is 2.86. The maximum atomic E-state index is 5.88. The summed E-state index contributed by atoms with van der Waals surface area (Å²) in [4.78, 5) is 0. The number of fused-ring (bicyclic) bond motifs is 1. The maximum absolute atomic E-state index is 5.88. The van der Waals surface area contributed by atoms with Gasteiger partial charge in [0.1, 0.15) is 0 Å². The van der Waals surface area contributed by atoms with E-state index in [4.69, 9.17) is 5.84 Å². The van der Waals surface area contributed by atoms with Crippen LogP contribution in [0.5, 0.6) is 0 Å². The fraction of sp³-hybridized carbons (Fsp3) is 0.500. The molecule has 1 fully saturated rings. The lowest BCUT2D eigenvalue weighted by Crippen LogP contribution is -2.35. The van der Waals surface area contributed by atoms with Gasteiger partial charge in [-0.3, -0.25) is 11.3 Å². The second-order valence-electron chi connectivity index (χ2n) is 5.85. The van der Waals surface area contributed by atoms with Crippen molar-refractivity contribution >= 4 is 21.4 Å². The van der Waals surface area contributed by atoms with E-state index in [1.165, 1.54) is 41.3 Å². The van der Waals surface area contributed by atoms with Gasteiger partial charge in [-0.05, 0) is 47.1 Å². The van der Waals surface area contributed by atoms with Crippen molar-refractivity contribution in [3.8, 4) is 0 Å². The Hall–Kier alpha value is -0.900. The highest BCUT2D eigenvalue weighted by atomic mass is 32.1. The van der Waals surface area contributed by atoms with Crippen LogP contribution in [0.15, 0.2) is 29.6 Å². The molecule has 1 heterocycles. The van der Waals surface area contributed by atoms with Crippen LogP contribution in [-0.4, -0.2) is 0 Å². The number of rotatable bonds is 3. The first-order valence-corrected chi connectivity index (χ1v) is 8.10. The van der Waals surface area contributed by atoms with Crippen LogP contribution in [-0.2, 0) is 0 Å². The molecule has 1 aromatic carbocycles. The monoisotopic (exact) mass is 274 g/mol. The van der Waals surface area contributed by atoms with E-state index in [0.29, 0.717) is 12.0 Å². The van der Waals surface area contributed by atoms with Crippen molar-refractivity contribution in [2.45, 2.75) is 38.6 Å². The first kappa shape index (κ1) is 13.1. The van der Waals surface area contributed by atoms with Gasteiger partial charge in [-0.15, -0.1) is 11.3 Å². The minimum Gasteiger partial charge on any atom is -0.271 e. The van der Waals surface area contributed by atoms with Crippen molar-refractivity contribution in [3.05, 3.63) is 35.2 Å². The minimum absolute atomic E-state index is 0.309. The predicted octanol–water partition coefficient (Wildman–Crippen LogP) is 4.23. The minimum atomic E-state index is 0.309. The highest BCUT2D eigenvalue weighted by Gasteiger charge is 2.27. The summed E-state index contributed by atoms with van der Waals surface area (Å²) in [6.07, 6.45) is 5.26. The fourth-order valence-electron chi connectivity index (χ4n) is 3.34.